The number of Topliss-reactive ketones (excluding diaryl/α,β-unsaturated/α-hetero) is 1. The molecule has 1 fully saturated rings. The summed E-state index contributed by atoms with van der Waals surface area (Å²) in [6, 6.07) is 0.120. The van der Waals surface area contributed by atoms with Crippen LogP contribution in [0.2, 0.25) is 0 Å². The Bertz CT molecular complexity index is 375. The van der Waals surface area contributed by atoms with Gasteiger partial charge in [-0.05, 0) is 6.54 Å². The van der Waals surface area contributed by atoms with E-state index in [9.17, 15) is 4.79 Å². The van der Waals surface area contributed by atoms with Crippen molar-refractivity contribution in [1.82, 2.24) is 14.9 Å². The van der Waals surface area contributed by atoms with E-state index in [2.05, 4.69) is 10.3 Å². The minimum absolute atomic E-state index is 0.0657. The monoisotopic (exact) mass is 223 g/mol. The third-order valence-electron chi connectivity index (χ3n) is 2.93. The van der Waals surface area contributed by atoms with Gasteiger partial charge in [0.1, 0.15) is 0 Å². The number of carbonyl (C=O) groups excluding carboxylic acids is 1. The van der Waals surface area contributed by atoms with Crippen molar-refractivity contribution in [2.75, 3.05) is 19.8 Å². The molecule has 0 spiro atoms. The number of nitrogens with zero attached hydrogens (tertiary/aromatic N) is 2. The Morgan fingerprint density at radius 3 is 3.12 bits per heavy atom. The molecule has 0 radical (unpaired) electrons. The summed E-state index contributed by atoms with van der Waals surface area (Å²) in [5.74, 6) is 0.468. The molecule has 2 atom stereocenters. The van der Waals surface area contributed by atoms with Gasteiger partial charge in [0.15, 0.2) is 5.82 Å². The average Bonchev–Trinajstić information content (AvgIpc) is 2.87. The highest BCUT2D eigenvalue weighted by atomic mass is 16.5. The molecule has 1 aromatic rings. The van der Waals surface area contributed by atoms with Crippen molar-refractivity contribution in [2.45, 2.75) is 13.0 Å². The number of ketones is 1. The quantitative estimate of drug-likeness (QED) is 0.742. The van der Waals surface area contributed by atoms with Gasteiger partial charge in [-0.3, -0.25) is 4.79 Å². The molecule has 1 aliphatic rings. The number of hydrogen-bond acceptors (Lipinski definition) is 4. The Morgan fingerprint density at radius 1 is 1.69 bits per heavy atom. The van der Waals surface area contributed by atoms with Gasteiger partial charge >= 0.3 is 0 Å². The summed E-state index contributed by atoms with van der Waals surface area (Å²) < 4.78 is 7.11. The van der Waals surface area contributed by atoms with Gasteiger partial charge in [-0.1, -0.05) is 6.92 Å². The summed E-state index contributed by atoms with van der Waals surface area (Å²) >= 11 is 0. The van der Waals surface area contributed by atoms with E-state index in [-0.39, 0.29) is 17.7 Å². The largest absolute Gasteiger partial charge is 0.379 e. The maximum atomic E-state index is 12.2. The number of hydrogen-bond donors (Lipinski definition) is 1. The normalized spacial score (nSPS) is 24.9. The highest BCUT2D eigenvalue weighted by molar-refractivity contribution is 5.95. The van der Waals surface area contributed by atoms with Crippen molar-refractivity contribution in [1.29, 1.82) is 0 Å². The molecule has 0 aromatic carbocycles. The van der Waals surface area contributed by atoms with Gasteiger partial charge in [0.2, 0.25) is 5.78 Å². The molecule has 16 heavy (non-hydrogen) atoms. The molecule has 1 aliphatic heterocycles. The Labute approximate surface area is 94.8 Å². The van der Waals surface area contributed by atoms with Crippen LogP contribution in [-0.4, -0.2) is 41.1 Å². The molecule has 5 heteroatoms. The molecule has 2 heterocycles. The van der Waals surface area contributed by atoms with E-state index in [0.29, 0.717) is 19.0 Å². The van der Waals surface area contributed by atoms with Gasteiger partial charge in [-0.2, -0.15) is 0 Å². The number of nitrogens with one attached hydrogen (secondary N) is 1. The lowest BCUT2D eigenvalue weighted by Crippen LogP contribution is -2.39. The standard InChI is InChI=1S/C11H17N3O2/c1-3-12-9-7-16-6-8(9)10(15)11-13-4-5-14(11)2/h4-5,8-9,12H,3,6-7H2,1-2H3. The number of rotatable bonds is 4. The van der Waals surface area contributed by atoms with E-state index in [0.717, 1.165) is 6.54 Å². The van der Waals surface area contributed by atoms with Crippen LogP contribution in [0.4, 0.5) is 0 Å². The van der Waals surface area contributed by atoms with Crippen molar-refractivity contribution >= 4 is 5.78 Å². The summed E-state index contributed by atoms with van der Waals surface area (Å²) in [5.41, 5.74) is 0. The Hall–Kier alpha value is -1.20. The van der Waals surface area contributed by atoms with Gasteiger partial charge in [0.05, 0.1) is 19.1 Å². The Balaban J connectivity index is 2.12. The van der Waals surface area contributed by atoms with Crippen molar-refractivity contribution in [3.63, 3.8) is 0 Å². The lowest BCUT2D eigenvalue weighted by molar-refractivity contribution is 0.0878. The van der Waals surface area contributed by atoms with Crippen LogP contribution in [0.15, 0.2) is 12.4 Å². The molecular formula is C11H17N3O2. The highest BCUT2D eigenvalue weighted by Gasteiger charge is 2.35. The van der Waals surface area contributed by atoms with Gasteiger partial charge in [0, 0.05) is 25.5 Å². The van der Waals surface area contributed by atoms with Crippen molar-refractivity contribution in [3.8, 4) is 0 Å². The smallest absolute Gasteiger partial charge is 0.205 e. The number of aromatic nitrogens is 2. The molecule has 0 amide bonds. The van der Waals surface area contributed by atoms with E-state index in [1.165, 1.54) is 0 Å². The SMILES string of the molecule is CCNC1COCC1C(=O)c1nccn1C. The first-order valence-corrected chi connectivity index (χ1v) is 5.56. The van der Waals surface area contributed by atoms with Gasteiger partial charge in [-0.25, -0.2) is 4.98 Å². The van der Waals surface area contributed by atoms with Crippen LogP contribution < -0.4 is 5.32 Å². The molecule has 1 N–H and O–H groups in total. The second-order valence-electron chi connectivity index (χ2n) is 4.03. The lowest BCUT2D eigenvalue weighted by Gasteiger charge is -2.16. The van der Waals surface area contributed by atoms with E-state index in [1.54, 1.807) is 17.0 Å². The molecule has 88 valence electrons. The topological polar surface area (TPSA) is 56.1 Å². The first-order chi connectivity index (χ1) is 7.74. The molecule has 0 saturated carbocycles. The molecule has 1 saturated heterocycles. The Morgan fingerprint density at radius 2 is 2.50 bits per heavy atom. The summed E-state index contributed by atoms with van der Waals surface area (Å²) in [6.45, 7) is 3.97. The van der Waals surface area contributed by atoms with Crippen LogP contribution in [0.25, 0.3) is 0 Å². The number of imidazole rings is 1. The number of aryl methyl sites for hydroxylation is 1. The second kappa shape index (κ2) is 4.76. The zero-order chi connectivity index (χ0) is 11.5. The number of likely N-dealkylation sites (N-methyl/N-ethyl adjacent to an activating group) is 1. The predicted octanol–water partition coefficient (Wildman–Crippen LogP) is 0.227. The highest BCUT2D eigenvalue weighted by Crippen LogP contribution is 2.18. The zero-order valence-electron chi connectivity index (χ0n) is 9.64. The summed E-state index contributed by atoms with van der Waals surface area (Å²) in [5, 5.41) is 3.27. The van der Waals surface area contributed by atoms with Gasteiger partial charge < -0.3 is 14.6 Å². The minimum Gasteiger partial charge on any atom is -0.379 e. The number of ether oxygens (including phenoxy) is 1. The van der Waals surface area contributed by atoms with Crippen molar-refractivity contribution in [2.24, 2.45) is 13.0 Å². The lowest BCUT2D eigenvalue weighted by atomic mass is 9.98. The predicted molar refractivity (Wildman–Crippen MR) is 59.3 cm³/mol. The second-order valence-corrected chi connectivity index (χ2v) is 4.03. The first-order valence-electron chi connectivity index (χ1n) is 5.56. The summed E-state index contributed by atoms with van der Waals surface area (Å²) in [7, 11) is 1.83. The van der Waals surface area contributed by atoms with Crippen molar-refractivity contribution < 1.29 is 9.53 Å². The summed E-state index contributed by atoms with van der Waals surface area (Å²) in [4.78, 5) is 16.3. The molecule has 0 aliphatic carbocycles. The number of carbonyl (C=O) groups is 1. The average molecular weight is 223 g/mol. The third-order valence-corrected chi connectivity index (χ3v) is 2.93. The minimum atomic E-state index is -0.110. The molecule has 2 rings (SSSR count). The van der Waals surface area contributed by atoms with Crippen molar-refractivity contribution in [3.05, 3.63) is 18.2 Å². The van der Waals surface area contributed by atoms with Crippen LogP contribution >= 0.6 is 0 Å². The zero-order valence-corrected chi connectivity index (χ0v) is 9.64. The maximum absolute atomic E-state index is 12.2. The van der Waals surface area contributed by atoms with E-state index >= 15 is 0 Å². The summed E-state index contributed by atoms with van der Waals surface area (Å²) in [6.07, 6.45) is 3.43. The van der Waals surface area contributed by atoms with Gasteiger partial charge in [0.25, 0.3) is 0 Å². The molecule has 2 unspecified atom stereocenters. The first kappa shape index (κ1) is 11.3. The van der Waals surface area contributed by atoms with Crippen LogP contribution in [0, 0.1) is 5.92 Å². The van der Waals surface area contributed by atoms with E-state index < -0.39 is 0 Å². The molecule has 0 bridgehead atoms. The van der Waals surface area contributed by atoms with Crippen LogP contribution in [-0.2, 0) is 11.8 Å². The molecular weight excluding hydrogens is 206 g/mol. The van der Waals surface area contributed by atoms with Crippen LogP contribution in [0.1, 0.15) is 17.5 Å². The van der Waals surface area contributed by atoms with Crippen LogP contribution in [0.5, 0.6) is 0 Å². The van der Waals surface area contributed by atoms with E-state index in [1.807, 2.05) is 14.0 Å². The third kappa shape index (κ3) is 2.01. The van der Waals surface area contributed by atoms with Crippen LogP contribution in [0.3, 0.4) is 0 Å². The van der Waals surface area contributed by atoms with E-state index in [4.69, 9.17) is 4.74 Å². The fourth-order valence-electron chi connectivity index (χ4n) is 2.04. The fourth-order valence-corrected chi connectivity index (χ4v) is 2.04. The van der Waals surface area contributed by atoms with Gasteiger partial charge in [-0.15, -0.1) is 0 Å². The molecule has 5 nitrogen and oxygen atoms in total. The fraction of sp³-hybridized carbons (Fsp3) is 0.636. The maximum Gasteiger partial charge on any atom is 0.205 e. The Kier molecular flexibility index (Phi) is 3.36. The molecule has 1 aromatic heterocycles.